The molecule has 2 aromatic heterocycles. The second-order valence-electron chi connectivity index (χ2n) is 3.39. The summed E-state index contributed by atoms with van der Waals surface area (Å²) < 4.78 is 1.84. The van der Waals surface area contributed by atoms with Gasteiger partial charge in [0.2, 0.25) is 0 Å². The first-order valence-corrected chi connectivity index (χ1v) is 5.60. The lowest BCUT2D eigenvalue weighted by Crippen LogP contribution is -2.29. The summed E-state index contributed by atoms with van der Waals surface area (Å²) in [6.45, 7) is 2.62. The molecule has 16 heavy (non-hydrogen) atoms. The molecule has 0 spiro atoms. The summed E-state index contributed by atoms with van der Waals surface area (Å²) in [4.78, 5) is 12.9. The SMILES string of the molecule is Cc1ccn(Cc2ccc(C(=O)NN)s2)n1. The zero-order valence-electron chi connectivity index (χ0n) is 8.80. The maximum absolute atomic E-state index is 11.2. The summed E-state index contributed by atoms with van der Waals surface area (Å²) in [5, 5.41) is 4.28. The molecule has 0 atom stereocenters. The number of aromatic nitrogens is 2. The highest BCUT2D eigenvalue weighted by Crippen LogP contribution is 2.17. The van der Waals surface area contributed by atoms with Gasteiger partial charge >= 0.3 is 0 Å². The van der Waals surface area contributed by atoms with Crippen LogP contribution in [0, 0.1) is 6.92 Å². The molecule has 0 unspecified atom stereocenters. The third kappa shape index (κ3) is 2.29. The molecular weight excluding hydrogens is 224 g/mol. The van der Waals surface area contributed by atoms with E-state index in [0.717, 1.165) is 10.6 Å². The summed E-state index contributed by atoms with van der Waals surface area (Å²) in [6, 6.07) is 5.62. The van der Waals surface area contributed by atoms with Crippen molar-refractivity contribution < 1.29 is 4.79 Å². The Hall–Kier alpha value is -1.66. The Morgan fingerprint density at radius 3 is 3.00 bits per heavy atom. The van der Waals surface area contributed by atoms with Gasteiger partial charge in [0.1, 0.15) is 0 Å². The average molecular weight is 236 g/mol. The summed E-state index contributed by atoms with van der Waals surface area (Å²) in [5.41, 5.74) is 3.09. The molecule has 0 bridgehead atoms. The van der Waals surface area contributed by atoms with Crippen molar-refractivity contribution in [3.05, 3.63) is 39.8 Å². The minimum atomic E-state index is -0.257. The average Bonchev–Trinajstić information content (AvgIpc) is 2.87. The van der Waals surface area contributed by atoms with Gasteiger partial charge in [-0.1, -0.05) is 0 Å². The first kappa shape index (κ1) is 10.8. The van der Waals surface area contributed by atoms with E-state index in [2.05, 4.69) is 10.5 Å². The number of nitrogens with zero attached hydrogens (tertiary/aromatic N) is 2. The van der Waals surface area contributed by atoms with Crippen LogP contribution in [-0.4, -0.2) is 15.7 Å². The highest BCUT2D eigenvalue weighted by Gasteiger charge is 2.07. The number of hydrogen-bond acceptors (Lipinski definition) is 4. The van der Waals surface area contributed by atoms with Gasteiger partial charge in [0, 0.05) is 11.1 Å². The van der Waals surface area contributed by atoms with E-state index in [1.807, 2.05) is 29.9 Å². The number of hydrogen-bond donors (Lipinski definition) is 2. The molecule has 0 aliphatic heterocycles. The van der Waals surface area contributed by atoms with Crippen LogP contribution in [0.4, 0.5) is 0 Å². The van der Waals surface area contributed by atoms with Crippen LogP contribution in [0.25, 0.3) is 0 Å². The largest absolute Gasteiger partial charge is 0.289 e. The topological polar surface area (TPSA) is 72.9 Å². The number of thiophene rings is 1. The van der Waals surface area contributed by atoms with Gasteiger partial charge < -0.3 is 0 Å². The molecule has 0 saturated heterocycles. The van der Waals surface area contributed by atoms with E-state index >= 15 is 0 Å². The number of hydrazine groups is 1. The van der Waals surface area contributed by atoms with Gasteiger partial charge in [0.05, 0.1) is 17.1 Å². The molecule has 0 aliphatic rings. The van der Waals surface area contributed by atoms with Crippen LogP contribution in [0.5, 0.6) is 0 Å². The molecule has 0 radical (unpaired) electrons. The number of nitrogens with two attached hydrogens (primary N) is 1. The fourth-order valence-electron chi connectivity index (χ4n) is 1.37. The molecule has 84 valence electrons. The van der Waals surface area contributed by atoms with Crippen LogP contribution in [0.3, 0.4) is 0 Å². The molecule has 1 amide bonds. The van der Waals surface area contributed by atoms with Gasteiger partial charge in [0.15, 0.2) is 0 Å². The first-order valence-electron chi connectivity index (χ1n) is 4.79. The molecule has 2 rings (SSSR count). The minimum absolute atomic E-state index is 0.257. The van der Waals surface area contributed by atoms with Crippen molar-refractivity contribution in [3.8, 4) is 0 Å². The Morgan fingerprint density at radius 1 is 1.56 bits per heavy atom. The third-order valence-corrected chi connectivity index (χ3v) is 3.18. The standard InChI is InChI=1S/C10H12N4OS/c1-7-4-5-14(13-7)6-8-2-3-9(16-8)10(15)12-11/h2-5H,6,11H2,1H3,(H,12,15). The van der Waals surface area contributed by atoms with Gasteiger partial charge in [-0.05, 0) is 25.1 Å². The number of rotatable bonds is 3. The first-order chi connectivity index (χ1) is 7.69. The summed E-state index contributed by atoms with van der Waals surface area (Å²) in [6.07, 6.45) is 1.91. The Morgan fingerprint density at radius 2 is 2.38 bits per heavy atom. The maximum atomic E-state index is 11.2. The second-order valence-corrected chi connectivity index (χ2v) is 4.56. The molecule has 2 aromatic rings. The third-order valence-electron chi connectivity index (χ3n) is 2.11. The Labute approximate surface area is 96.9 Å². The van der Waals surface area contributed by atoms with Gasteiger partial charge in [-0.3, -0.25) is 14.9 Å². The molecule has 6 heteroatoms. The predicted molar refractivity (Wildman–Crippen MR) is 62.0 cm³/mol. The van der Waals surface area contributed by atoms with Crippen molar-refractivity contribution in [1.29, 1.82) is 0 Å². The van der Waals surface area contributed by atoms with E-state index in [-0.39, 0.29) is 5.91 Å². The van der Waals surface area contributed by atoms with Crippen LogP contribution < -0.4 is 11.3 Å². The fraction of sp³-hybridized carbons (Fsp3) is 0.200. The molecule has 3 N–H and O–H groups in total. The molecule has 0 fully saturated rings. The maximum Gasteiger partial charge on any atom is 0.275 e. The molecular formula is C10H12N4OS. The number of carbonyl (C=O) groups excluding carboxylic acids is 1. The number of nitrogen functional groups attached to an aromatic ring is 1. The van der Waals surface area contributed by atoms with Crippen LogP contribution >= 0.6 is 11.3 Å². The van der Waals surface area contributed by atoms with Crippen LogP contribution in [0.2, 0.25) is 0 Å². The molecule has 2 heterocycles. The van der Waals surface area contributed by atoms with Crippen LogP contribution in [0.15, 0.2) is 24.4 Å². The van der Waals surface area contributed by atoms with Crippen molar-refractivity contribution in [1.82, 2.24) is 15.2 Å². The Bertz CT molecular complexity index is 502. The van der Waals surface area contributed by atoms with Crippen LogP contribution in [-0.2, 0) is 6.54 Å². The molecule has 0 aliphatic carbocycles. The summed E-state index contributed by atoms with van der Waals surface area (Å²) in [5.74, 6) is 4.80. The quantitative estimate of drug-likeness (QED) is 0.472. The monoisotopic (exact) mass is 236 g/mol. The van der Waals surface area contributed by atoms with Crippen molar-refractivity contribution >= 4 is 17.2 Å². The van der Waals surface area contributed by atoms with E-state index < -0.39 is 0 Å². The number of nitrogens with one attached hydrogen (secondary N) is 1. The second kappa shape index (κ2) is 4.46. The highest BCUT2D eigenvalue weighted by atomic mass is 32.1. The lowest BCUT2D eigenvalue weighted by Gasteiger charge is -1.97. The van der Waals surface area contributed by atoms with E-state index in [1.54, 1.807) is 6.07 Å². The number of amides is 1. The van der Waals surface area contributed by atoms with E-state index in [4.69, 9.17) is 5.84 Å². The van der Waals surface area contributed by atoms with E-state index in [9.17, 15) is 4.79 Å². The summed E-state index contributed by atoms with van der Waals surface area (Å²) in [7, 11) is 0. The molecule has 0 aromatic carbocycles. The molecule has 5 nitrogen and oxygen atoms in total. The summed E-state index contributed by atoms with van der Waals surface area (Å²) >= 11 is 1.42. The van der Waals surface area contributed by atoms with Gasteiger partial charge in [-0.15, -0.1) is 11.3 Å². The van der Waals surface area contributed by atoms with Crippen molar-refractivity contribution in [3.63, 3.8) is 0 Å². The van der Waals surface area contributed by atoms with E-state index in [0.29, 0.717) is 11.4 Å². The van der Waals surface area contributed by atoms with E-state index in [1.165, 1.54) is 11.3 Å². The number of aryl methyl sites for hydroxylation is 1. The fourth-order valence-corrected chi connectivity index (χ4v) is 2.27. The minimum Gasteiger partial charge on any atom is -0.289 e. The van der Waals surface area contributed by atoms with Crippen molar-refractivity contribution in [2.24, 2.45) is 5.84 Å². The Balaban J connectivity index is 2.11. The van der Waals surface area contributed by atoms with Gasteiger partial charge in [-0.2, -0.15) is 5.10 Å². The van der Waals surface area contributed by atoms with Crippen LogP contribution in [0.1, 0.15) is 20.2 Å². The van der Waals surface area contributed by atoms with Gasteiger partial charge in [-0.25, -0.2) is 5.84 Å². The Kier molecular flexibility index (Phi) is 3.02. The zero-order chi connectivity index (χ0) is 11.5. The zero-order valence-corrected chi connectivity index (χ0v) is 9.62. The van der Waals surface area contributed by atoms with Gasteiger partial charge in [0.25, 0.3) is 5.91 Å². The number of carbonyl (C=O) groups is 1. The van der Waals surface area contributed by atoms with Crippen molar-refractivity contribution in [2.45, 2.75) is 13.5 Å². The highest BCUT2D eigenvalue weighted by molar-refractivity contribution is 7.14. The molecule has 0 saturated carbocycles. The van der Waals surface area contributed by atoms with Crippen molar-refractivity contribution in [2.75, 3.05) is 0 Å². The normalized spacial score (nSPS) is 10.4. The lowest BCUT2D eigenvalue weighted by molar-refractivity contribution is 0.0957. The smallest absolute Gasteiger partial charge is 0.275 e. The predicted octanol–water partition coefficient (Wildman–Crippen LogP) is 0.905. The lowest BCUT2D eigenvalue weighted by atomic mass is 10.4.